The number of hydrogen-bond donors (Lipinski definition) is 0. The standard InChI is InChI=1S/C11H5FIN/c1-14-11-8-5-3-2-4-7(8)6-9(12)10(11)13/h2-6H. The summed E-state index contributed by atoms with van der Waals surface area (Å²) in [6, 6.07) is 8.80. The average Bonchev–Trinajstić information content (AvgIpc) is 2.20. The first kappa shape index (κ1) is 9.41. The SMILES string of the molecule is [C-]#[N+]c1c(I)c(F)cc2ccccc12. The van der Waals surface area contributed by atoms with E-state index in [9.17, 15) is 4.39 Å². The zero-order valence-electron chi connectivity index (χ0n) is 7.09. The van der Waals surface area contributed by atoms with Gasteiger partial charge in [-0.2, -0.15) is 0 Å². The van der Waals surface area contributed by atoms with Crippen LogP contribution in [-0.4, -0.2) is 0 Å². The maximum Gasteiger partial charge on any atom is 0.210 e. The fraction of sp³-hybridized carbons (Fsp3) is 0. The van der Waals surface area contributed by atoms with Crippen molar-refractivity contribution in [3.8, 4) is 0 Å². The Morgan fingerprint density at radius 1 is 1.29 bits per heavy atom. The maximum absolute atomic E-state index is 13.3. The summed E-state index contributed by atoms with van der Waals surface area (Å²) >= 11 is 1.86. The number of fused-ring (bicyclic) bond motifs is 1. The van der Waals surface area contributed by atoms with Crippen LogP contribution in [0, 0.1) is 16.0 Å². The first-order chi connectivity index (χ1) is 6.74. The monoisotopic (exact) mass is 297 g/mol. The highest BCUT2D eigenvalue weighted by atomic mass is 127. The molecule has 0 aliphatic heterocycles. The minimum Gasteiger partial charge on any atom is -0.236 e. The Morgan fingerprint density at radius 3 is 2.71 bits per heavy atom. The highest BCUT2D eigenvalue weighted by Gasteiger charge is 2.10. The van der Waals surface area contributed by atoms with Crippen LogP contribution < -0.4 is 0 Å². The molecule has 0 fully saturated rings. The lowest BCUT2D eigenvalue weighted by Crippen LogP contribution is -1.83. The predicted molar refractivity (Wildman–Crippen MR) is 62.9 cm³/mol. The summed E-state index contributed by atoms with van der Waals surface area (Å²) in [6.07, 6.45) is 0. The molecule has 0 bridgehead atoms. The van der Waals surface area contributed by atoms with Crippen LogP contribution in [0.4, 0.5) is 10.1 Å². The van der Waals surface area contributed by atoms with Gasteiger partial charge in [0.05, 0.1) is 10.1 Å². The van der Waals surface area contributed by atoms with Crippen LogP contribution in [0.25, 0.3) is 15.6 Å². The molecule has 0 radical (unpaired) electrons. The molecule has 0 saturated heterocycles. The van der Waals surface area contributed by atoms with E-state index in [1.807, 2.05) is 46.9 Å². The van der Waals surface area contributed by atoms with Gasteiger partial charge in [0.25, 0.3) is 0 Å². The first-order valence-electron chi connectivity index (χ1n) is 3.98. The molecule has 0 spiro atoms. The second-order valence-electron chi connectivity index (χ2n) is 2.85. The van der Waals surface area contributed by atoms with Gasteiger partial charge in [0.1, 0.15) is 5.82 Å². The van der Waals surface area contributed by atoms with E-state index >= 15 is 0 Å². The molecule has 1 nitrogen and oxygen atoms in total. The van der Waals surface area contributed by atoms with Crippen molar-refractivity contribution in [1.29, 1.82) is 0 Å². The quantitative estimate of drug-likeness (QED) is 0.508. The summed E-state index contributed by atoms with van der Waals surface area (Å²) in [4.78, 5) is 3.36. The second kappa shape index (κ2) is 3.54. The molecule has 68 valence electrons. The molecule has 0 atom stereocenters. The molecule has 0 N–H and O–H groups in total. The minimum atomic E-state index is -0.324. The maximum atomic E-state index is 13.3. The summed E-state index contributed by atoms with van der Waals surface area (Å²) in [5.74, 6) is -0.324. The Bertz CT molecular complexity index is 543. The zero-order chi connectivity index (χ0) is 10.1. The van der Waals surface area contributed by atoms with E-state index in [2.05, 4.69) is 4.85 Å². The van der Waals surface area contributed by atoms with Crippen molar-refractivity contribution in [2.75, 3.05) is 0 Å². The third-order valence-corrected chi connectivity index (χ3v) is 3.05. The molecule has 0 unspecified atom stereocenters. The Kier molecular flexibility index (Phi) is 2.38. The van der Waals surface area contributed by atoms with E-state index < -0.39 is 0 Å². The van der Waals surface area contributed by atoms with E-state index in [-0.39, 0.29) is 5.82 Å². The second-order valence-corrected chi connectivity index (χ2v) is 3.93. The summed E-state index contributed by atoms with van der Waals surface area (Å²) in [5.41, 5.74) is 0.404. The number of benzene rings is 2. The van der Waals surface area contributed by atoms with Crippen molar-refractivity contribution in [2.24, 2.45) is 0 Å². The lowest BCUT2D eigenvalue weighted by atomic mass is 10.1. The van der Waals surface area contributed by atoms with Gasteiger partial charge >= 0.3 is 0 Å². The summed E-state index contributed by atoms with van der Waals surface area (Å²) in [5, 5.41) is 1.59. The molecule has 0 aliphatic carbocycles. The third kappa shape index (κ3) is 1.36. The molecule has 3 heteroatoms. The summed E-state index contributed by atoms with van der Waals surface area (Å²) in [6.45, 7) is 7.02. The molecule has 2 aromatic carbocycles. The van der Waals surface area contributed by atoms with Crippen LogP contribution in [0.3, 0.4) is 0 Å². The Morgan fingerprint density at radius 2 is 2.00 bits per heavy atom. The summed E-state index contributed by atoms with van der Waals surface area (Å²) < 4.78 is 13.7. The highest BCUT2D eigenvalue weighted by molar-refractivity contribution is 14.1. The number of halogens is 2. The van der Waals surface area contributed by atoms with Crippen LogP contribution >= 0.6 is 22.6 Å². The van der Waals surface area contributed by atoms with Crippen LogP contribution in [0.5, 0.6) is 0 Å². The fourth-order valence-corrected chi connectivity index (χ4v) is 1.95. The normalized spacial score (nSPS) is 10.1. The Hall–Kier alpha value is -1.15. The van der Waals surface area contributed by atoms with Crippen LogP contribution in [0.1, 0.15) is 0 Å². The van der Waals surface area contributed by atoms with Crippen molar-refractivity contribution >= 4 is 39.1 Å². The number of hydrogen-bond acceptors (Lipinski definition) is 0. The van der Waals surface area contributed by atoms with E-state index in [0.29, 0.717) is 9.26 Å². The van der Waals surface area contributed by atoms with E-state index in [1.54, 1.807) is 0 Å². The van der Waals surface area contributed by atoms with Crippen LogP contribution in [0.2, 0.25) is 0 Å². The van der Waals surface area contributed by atoms with Crippen molar-refractivity contribution < 1.29 is 4.39 Å². The van der Waals surface area contributed by atoms with E-state index in [4.69, 9.17) is 6.57 Å². The van der Waals surface area contributed by atoms with Crippen molar-refractivity contribution in [2.45, 2.75) is 0 Å². The predicted octanol–water partition coefficient (Wildman–Crippen LogP) is 4.13. The van der Waals surface area contributed by atoms with Gasteiger partial charge < -0.3 is 0 Å². The molecule has 0 aromatic heterocycles. The largest absolute Gasteiger partial charge is 0.236 e. The molecule has 0 heterocycles. The van der Waals surface area contributed by atoms with Crippen molar-refractivity contribution in [3.63, 3.8) is 0 Å². The molecule has 0 aliphatic rings. The average molecular weight is 297 g/mol. The van der Waals surface area contributed by atoms with Crippen LogP contribution in [0.15, 0.2) is 30.3 Å². The van der Waals surface area contributed by atoms with Crippen molar-refractivity contribution in [1.82, 2.24) is 0 Å². The van der Waals surface area contributed by atoms with Gasteiger partial charge in [-0.3, -0.25) is 0 Å². The fourth-order valence-electron chi connectivity index (χ4n) is 1.38. The Labute approximate surface area is 94.5 Å². The van der Waals surface area contributed by atoms with Gasteiger partial charge in [0.2, 0.25) is 5.69 Å². The van der Waals surface area contributed by atoms with E-state index in [1.165, 1.54) is 6.07 Å². The lowest BCUT2D eigenvalue weighted by molar-refractivity contribution is 0.623. The number of nitrogens with zero attached hydrogens (tertiary/aromatic N) is 1. The molecule has 14 heavy (non-hydrogen) atoms. The molecule has 2 aromatic rings. The van der Waals surface area contributed by atoms with E-state index in [0.717, 1.165) is 10.8 Å². The van der Waals surface area contributed by atoms with Gasteiger partial charge in [0.15, 0.2) is 0 Å². The molecule has 2 rings (SSSR count). The topological polar surface area (TPSA) is 4.36 Å². The minimum absolute atomic E-state index is 0.324. The third-order valence-electron chi connectivity index (χ3n) is 2.03. The van der Waals surface area contributed by atoms with Gasteiger partial charge in [-0.05, 0) is 16.8 Å². The smallest absolute Gasteiger partial charge is 0.210 e. The first-order valence-corrected chi connectivity index (χ1v) is 5.06. The lowest BCUT2D eigenvalue weighted by Gasteiger charge is -2.03. The molecule has 0 saturated carbocycles. The summed E-state index contributed by atoms with van der Waals surface area (Å²) in [7, 11) is 0. The number of rotatable bonds is 0. The molecular weight excluding hydrogens is 292 g/mol. The van der Waals surface area contributed by atoms with Crippen LogP contribution in [-0.2, 0) is 0 Å². The van der Waals surface area contributed by atoms with Gasteiger partial charge in [-0.1, -0.05) is 46.9 Å². The zero-order valence-corrected chi connectivity index (χ0v) is 9.25. The van der Waals surface area contributed by atoms with Crippen molar-refractivity contribution in [3.05, 3.63) is 51.1 Å². The van der Waals surface area contributed by atoms with Gasteiger partial charge in [-0.15, -0.1) is 0 Å². The highest BCUT2D eigenvalue weighted by Crippen LogP contribution is 2.33. The Balaban J connectivity index is 2.98. The van der Waals surface area contributed by atoms with Gasteiger partial charge in [0, 0.05) is 0 Å². The van der Waals surface area contributed by atoms with Gasteiger partial charge in [-0.25, -0.2) is 9.24 Å². The molecular formula is C11H5FIN. The molecule has 0 amide bonds.